The molecule has 0 amide bonds. The van der Waals surface area contributed by atoms with Gasteiger partial charge >= 0.3 is 19.5 Å². The first-order valence-electron chi connectivity index (χ1n) is 13.8. The SMILES string of the molecule is CC(=O)Oc1ccc(COP(=O)(OCc2ccc(OC(C)=O)c(C)c2)c2c(-c3nccs3)oc(CC(C)C)c2C)cc1C. The van der Waals surface area contributed by atoms with Gasteiger partial charge in [-0.1, -0.05) is 38.1 Å². The molecule has 9 nitrogen and oxygen atoms in total. The smallest absolute Gasteiger partial charge is 0.366 e. The molecule has 228 valence electrons. The molecule has 4 aromatic rings. The van der Waals surface area contributed by atoms with Crippen molar-refractivity contribution in [3.8, 4) is 22.3 Å². The molecule has 0 aliphatic carbocycles. The number of carbonyl (C=O) groups excluding carboxylic acids is 2. The molecule has 4 rings (SSSR count). The first-order valence-corrected chi connectivity index (χ1v) is 16.3. The summed E-state index contributed by atoms with van der Waals surface area (Å²) in [6.07, 6.45) is 2.30. The Morgan fingerprint density at radius 2 is 1.44 bits per heavy atom. The van der Waals surface area contributed by atoms with Crippen LogP contribution < -0.4 is 14.8 Å². The second-order valence-electron chi connectivity index (χ2n) is 10.7. The number of esters is 2. The van der Waals surface area contributed by atoms with E-state index in [1.165, 1.54) is 25.2 Å². The lowest BCUT2D eigenvalue weighted by atomic mass is 10.1. The first-order chi connectivity index (χ1) is 20.4. The number of rotatable bonds is 12. The predicted octanol–water partition coefficient (Wildman–Crippen LogP) is 7.63. The largest absolute Gasteiger partial charge is 0.457 e. The molecule has 0 unspecified atom stereocenters. The molecule has 0 fully saturated rings. The van der Waals surface area contributed by atoms with Gasteiger partial charge in [0.25, 0.3) is 0 Å². The van der Waals surface area contributed by atoms with Crippen LogP contribution in [0, 0.1) is 26.7 Å². The van der Waals surface area contributed by atoms with Gasteiger partial charge in [-0.15, -0.1) is 11.3 Å². The van der Waals surface area contributed by atoms with Crippen LogP contribution >= 0.6 is 18.9 Å². The number of benzene rings is 2. The van der Waals surface area contributed by atoms with Crippen LogP contribution in [-0.4, -0.2) is 16.9 Å². The van der Waals surface area contributed by atoms with Gasteiger partial charge in [0.1, 0.15) is 22.6 Å². The molecule has 0 N–H and O–H groups in total. The molecule has 0 saturated carbocycles. The maximum absolute atomic E-state index is 14.9. The van der Waals surface area contributed by atoms with Crippen molar-refractivity contribution in [1.82, 2.24) is 4.98 Å². The second kappa shape index (κ2) is 13.8. The average molecular weight is 626 g/mol. The molecule has 0 aliphatic heterocycles. The van der Waals surface area contributed by atoms with Crippen molar-refractivity contribution < 1.29 is 37.1 Å². The van der Waals surface area contributed by atoms with Crippen LogP contribution in [0.4, 0.5) is 0 Å². The molecule has 11 heteroatoms. The number of ether oxygens (including phenoxy) is 2. The standard InChI is InChI=1S/C32H36NO8PS/c1-19(2)14-29-22(5)31(30(41-29)32-33-12-13-43-32)42(36,37-17-25-8-10-27(20(3)15-25)39-23(6)34)38-18-26-9-11-28(21(4)16-26)40-24(7)35/h8-13,15-16,19H,14,17-18H2,1-7H3. The van der Waals surface area contributed by atoms with Gasteiger partial charge in [0, 0.05) is 37.4 Å². The molecule has 0 saturated heterocycles. The minimum atomic E-state index is -4.04. The molecular formula is C32H36NO8PS. The molecule has 0 spiro atoms. The monoisotopic (exact) mass is 625 g/mol. The number of hydrogen-bond acceptors (Lipinski definition) is 10. The summed E-state index contributed by atoms with van der Waals surface area (Å²) in [4.78, 5) is 27.3. The van der Waals surface area contributed by atoms with Crippen molar-refractivity contribution in [2.24, 2.45) is 5.92 Å². The molecule has 2 aromatic heterocycles. The number of carbonyl (C=O) groups is 2. The summed E-state index contributed by atoms with van der Waals surface area (Å²) in [5.41, 5.74) is 3.61. The third kappa shape index (κ3) is 8.09. The van der Waals surface area contributed by atoms with Crippen LogP contribution in [0.5, 0.6) is 11.5 Å². The molecule has 0 bridgehead atoms. The van der Waals surface area contributed by atoms with Crippen molar-refractivity contribution in [3.05, 3.63) is 81.6 Å². The summed E-state index contributed by atoms with van der Waals surface area (Å²) in [5, 5.41) is 2.75. The zero-order valence-corrected chi connectivity index (χ0v) is 27.1. The van der Waals surface area contributed by atoms with E-state index in [0.717, 1.165) is 22.3 Å². The summed E-state index contributed by atoms with van der Waals surface area (Å²) in [6.45, 7) is 12.3. The second-order valence-corrected chi connectivity index (χ2v) is 13.5. The maximum atomic E-state index is 14.9. The van der Waals surface area contributed by atoms with E-state index in [1.807, 2.05) is 38.3 Å². The van der Waals surface area contributed by atoms with Gasteiger partial charge in [-0.2, -0.15) is 0 Å². The van der Waals surface area contributed by atoms with Crippen molar-refractivity contribution >= 4 is 36.2 Å². The Labute approximate surface area is 255 Å². The summed E-state index contributed by atoms with van der Waals surface area (Å²) in [5.74, 6) is 1.42. The van der Waals surface area contributed by atoms with Crippen molar-refractivity contribution in [3.63, 3.8) is 0 Å². The van der Waals surface area contributed by atoms with E-state index in [4.69, 9.17) is 22.9 Å². The fourth-order valence-electron chi connectivity index (χ4n) is 4.55. The highest BCUT2D eigenvalue weighted by molar-refractivity contribution is 7.62. The minimum Gasteiger partial charge on any atom is -0.457 e. The Morgan fingerprint density at radius 1 is 0.907 bits per heavy atom. The van der Waals surface area contributed by atoms with Crippen LogP contribution in [0.3, 0.4) is 0 Å². The number of furan rings is 1. The number of nitrogens with zero attached hydrogens (tertiary/aromatic N) is 1. The average Bonchev–Trinajstić information content (AvgIpc) is 3.57. The Morgan fingerprint density at radius 3 is 1.86 bits per heavy atom. The summed E-state index contributed by atoms with van der Waals surface area (Å²) < 4.78 is 44.2. The van der Waals surface area contributed by atoms with Crippen LogP contribution in [-0.2, 0) is 42.8 Å². The topological polar surface area (TPSA) is 114 Å². The number of hydrogen-bond donors (Lipinski definition) is 0. The lowest BCUT2D eigenvalue weighted by Gasteiger charge is -2.20. The fraction of sp³-hybridized carbons (Fsp3) is 0.344. The van der Waals surface area contributed by atoms with E-state index in [1.54, 1.807) is 30.5 Å². The molecule has 0 radical (unpaired) electrons. The number of thiazole rings is 1. The number of aromatic nitrogens is 1. The molecule has 2 heterocycles. The Balaban J connectivity index is 1.72. The van der Waals surface area contributed by atoms with Crippen molar-refractivity contribution in [1.29, 1.82) is 0 Å². The Bertz CT molecular complexity index is 1580. The lowest BCUT2D eigenvalue weighted by molar-refractivity contribution is -0.132. The third-order valence-corrected chi connectivity index (χ3v) is 9.29. The van der Waals surface area contributed by atoms with Gasteiger partial charge in [0.15, 0.2) is 10.8 Å². The summed E-state index contributed by atoms with van der Waals surface area (Å²) in [6, 6.07) is 10.5. The van der Waals surface area contributed by atoms with Crippen LogP contribution in [0.15, 0.2) is 52.4 Å². The van der Waals surface area contributed by atoms with E-state index >= 15 is 0 Å². The number of aryl methyl sites for hydroxylation is 2. The van der Waals surface area contributed by atoms with E-state index in [9.17, 15) is 14.2 Å². The van der Waals surface area contributed by atoms with Gasteiger partial charge in [-0.25, -0.2) is 4.98 Å². The van der Waals surface area contributed by atoms with E-state index in [2.05, 4.69) is 18.8 Å². The predicted molar refractivity (Wildman–Crippen MR) is 165 cm³/mol. The molecule has 2 aromatic carbocycles. The van der Waals surface area contributed by atoms with Gasteiger partial charge in [-0.3, -0.25) is 14.2 Å². The molecule has 0 aliphatic rings. The lowest BCUT2D eigenvalue weighted by Crippen LogP contribution is -2.15. The van der Waals surface area contributed by atoms with Crippen molar-refractivity contribution in [2.45, 2.75) is 68.1 Å². The van der Waals surface area contributed by atoms with Gasteiger partial charge in [-0.05, 0) is 61.1 Å². The highest BCUT2D eigenvalue weighted by atomic mass is 32.1. The normalized spacial score (nSPS) is 11.6. The van der Waals surface area contributed by atoms with Crippen LogP contribution in [0.25, 0.3) is 10.8 Å². The summed E-state index contributed by atoms with van der Waals surface area (Å²) in [7, 11) is -4.04. The molecule has 43 heavy (non-hydrogen) atoms. The van der Waals surface area contributed by atoms with E-state index < -0.39 is 19.5 Å². The van der Waals surface area contributed by atoms with E-state index in [0.29, 0.717) is 51.2 Å². The van der Waals surface area contributed by atoms with Gasteiger partial charge < -0.3 is 22.9 Å². The van der Waals surface area contributed by atoms with Gasteiger partial charge in [0.05, 0.1) is 13.2 Å². The minimum absolute atomic E-state index is 0.0374. The van der Waals surface area contributed by atoms with E-state index in [-0.39, 0.29) is 13.2 Å². The Hall–Kier alpha value is -3.56. The molecule has 0 atom stereocenters. The fourth-order valence-corrected chi connectivity index (χ4v) is 7.16. The van der Waals surface area contributed by atoms with Crippen LogP contribution in [0.2, 0.25) is 0 Å². The Kier molecular flexibility index (Phi) is 10.4. The van der Waals surface area contributed by atoms with Crippen molar-refractivity contribution in [2.75, 3.05) is 0 Å². The zero-order valence-electron chi connectivity index (χ0n) is 25.4. The highest BCUT2D eigenvalue weighted by Crippen LogP contribution is 2.53. The summed E-state index contributed by atoms with van der Waals surface area (Å²) >= 11 is 1.37. The maximum Gasteiger partial charge on any atom is 0.366 e. The zero-order chi connectivity index (χ0) is 31.3. The first kappa shape index (κ1) is 32.4. The molecular weight excluding hydrogens is 589 g/mol. The van der Waals surface area contributed by atoms with Gasteiger partial charge in [0.2, 0.25) is 0 Å². The quantitative estimate of drug-likeness (QED) is 0.0890. The van der Waals surface area contributed by atoms with Crippen LogP contribution in [0.1, 0.15) is 61.3 Å². The third-order valence-electron chi connectivity index (χ3n) is 6.50. The highest BCUT2D eigenvalue weighted by Gasteiger charge is 2.38.